The number of esters is 1. The predicted octanol–water partition coefficient (Wildman–Crippen LogP) is 1.95. The molecule has 0 spiro atoms. The molecule has 1 unspecified atom stereocenters. The van der Waals surface area contributed by atoms with Crippen molar-refractivity contribution in [2.75, 3.05) is 7.11 Å². The topological polar surface area (TPSA) is 61.5 Å². The molecule has 0 heterocycles. The molecule has 4 heteroatoms. The van der Waals surface area contributed by atoms with E-state index in [1.807, 2.05) is 31.2 Å². The SMILES string of the molecule is CCC(N)Oc1ccc(/C=C/C(=O)OC)cc1. The van der Waals surface area contributed by atoms with Crippen LogP contribution in [0.15, 0.2) is 30.3 Å². The maximum atomic E-state index is 10.9. The average Bonchev–Trinajstić information content (AvgIpc) is 2.37. The third-order valence-corrected chi connectivity index (χ3v) is 2.18. The number of ether oxygens (including phenoxy) is 2. The highest BCUT2D eigenvalue weighted by molar-refractivity contribution is 5.86. The van der Waals surface area contributed by atoms with Crippen LogP contribution in [0.5, 0.6) is 5.75 Å². The minimum atomic E-state index is -0.377. The molecule has 4 nitrogen and oxygen atoms in total. The van der Waals surface area contributed by atoms with Crippen LogP contribution in [0.3, 0.4) is 0 Å². The lowest BCUT2D eigenvalue weighted by Crippen LogP contribution is -2.25. The lowest BCUT2D eigenvalue weighted by Gasteiger charge is -2.12. The molecule has 0 aliphatic rings. The van der Waals surface area contributed by atoms with Gasteiger partial charge in [0.25, 0.3) is 0 Å². The Hall–Kier alpha value is -1.81. The van der Waals surface area contributed by atoms with E-state index in [9.17, 15) is 4.79 Å². The normalized spacial score (nSPS) is 12.4. The minimum Gasteiger partial charge on any atom is -0.476 e. The van der Waals surface area contributed by atoms with Crippen LogP contribution in [0.25, 0.3) is 6.08 Å². The molecule has 0 saturated carbocycles. The van der Waals surface area contributed by atoms with Gasteiger partial charge in [-0.05, 0) is 30.2 Å². The van der Waals surface area contributed by atoms with Crippen molar-refractivity contribution in [1.82, 2.24) is 0 Å². The van der Waals surface area contributed by atoms with E-state index < -0.39 is 0 Å². The van der Waals surface area contributed by atoms with E-state index in [2.05, 4.69) is 4.74 Å². The first-order chi connectivity index (χ1) is 8.15. The van der Waals surface area contributed by atoms with Gasteiger partial charge in [-0.15, -0.1) is 0 Å². The summed E-state index contributed by atoms with van der Waals surface area (Å²) in [4.78, 5) is 10.9. The highest BCUT2D eigenvalue weighted by atomic mass is 16.5. The standard InChI is InChI=1S/C13H17NO3/c1-3-12(14)17-11-7-4-10(5-8-11)6-9-13(15)16-2/h4-9,12H,3,14H2,1-2H3/b9-6+. The summed E-state index contributed by atoms with van der Waals surface area (Å²) in [5.74, 6) is 0.341. The maximum Gasteiger partial charge on any atom is 0.330 e. The van der Waals surface area contributed by atoms with Crippen LogP contribution in [0, 0.1) is 0 Å². The molecule has 92 valence electrons. The molecular formula is C13H17NO3. The Balaban J connectivity index is 2.62. The van der Waals surface area contributed by atoms with Gasteiger partial charge in [0.2, 0.25) is 0 Å². The Morgan fingerprint density at radius 3 is 2.59 bits per heavy atom. The Labute approximate surface area is 101 Å². The van der Waals surface area contributed by atoms with Crippen molar-refractivity contribution in [2.45, 2.75) is 19.6 Å². The molecule has 1 aromatic rings. The number of nitrogens with two attached hydrogens (primary N) is 1. The fourth-order valence-corrected chi connectivity index (χ4v) is 1.15. The van der Waals surface area contributed by atoms with E-state index in [4.69, 9.17) is 10.5 Å². The van der Waals surface area contributed by atoms with E-state index in [0.29, 0.717) is 0 Å². The van der Waals surface area contributed by atoms with Crippen molar-refractivity contribution in [2.24, 2.45) is 5.73 Å². The third-order valence-electron chi connectivity index (χ3n) is 2.18. The molecule has 1 aromatic carbocycles. The number of methoxy groups -OCH3 is 1. The van der Waals surface area contributed by atoms with Gasteiger partial charge in [0.05, 0.1) is 7.11 Å². The summed E-state index contributed by atoms with van der Waals surface area (Å²) in [6.45, 7) is 1.96. The van der Waals surface area contributed by atoms with E-state index in [-0.39, 0.29) is 12.2 Å². The first-order valence-electron chi connectivity index (χ1n) is 5.44. The fourth-order valence-electron chi connectivity index (χ4n) is 1.15. The summed E-state index contributed by atoms with van der Waals surface area (Å²) < 4.78 is 9.92. The zero-order valence-corrected chi connectivity index (χ0v) is 10.1. The summed E-state index contributed by atoms with van der Waals surface area (Å²) >= 11 is 0. The molecular weight excluding hydrogens is 218 g/mol. The van der Waals surface area contributed by atoms with Gasteiger partial charge >= 0.3 is 5.97 Å². The molecule has 1 rings (SSSR count). The average molecular weight is 235 g/mol. The summed E-state index contributed by atoms with van der Waals surface area (Å²) in [7, 11) is 1.34. The van der Waals surface area contributed by atoms with Crippen LogP contribution in [0.1, 0.15) is 18.9 Å². The highest BCUT2D eigenvalue weighted by Gasteiger charge is 2.00. The van der Waals surface area contributed by atoms with Crippen LogP contribution in [-0.2, 0) is 9.53 Å². The molecule has 0 bridgehead atoms. The minimum absolute atomic E-state index is 0.286. The molecule has 17 heavy (non-hydrogen) atoms. The number of benzene rings is 1. The lowest BCUT2D eigenvalue weighted by atomic mass is 10.2. The first kappa shape index (κ1) is 13.3. The van der Waals surface area contributed by atoms with E-state index in [1.165, 1.54) is 13.2 Å². The molecule has 0 radical (unpaired) electrons. The number of carbonyl (C=O) groups excluding carboxylic acids is 1. The van der Waals surface area contributed by atoms with Gasteiger partial charge < -0.3 is 9.47 Å². The third kappa shape index (κ3) is 4.70. The second-order valence-corrected chi connectivity index (χ2v) is 3.49. The number of hydrogen-bond acceptors (Lipinski definition) is 4. The monoisotopic (exact) mass is 235 g/mol. The van der Waals surface area contributed by atoms with Crippen molar-refractivity contribution in [3.8, 4) is 5.75 Å². The largest absolute Gasteiger partial charge is 0.476 e. The highest BCUT2D eigenvalue weighted by Crippen LogP contribution is 2.14. The Bertz CT molecular complexity index is 384. The van der Waals surface area contributed by atoms with Gasteiger partial charge in [-0.25, -0.2) is 4.79 Å². The molecule has 0 amide bonds. The second-order valence-electron chi connectivity index (χ2n) is 3.49. The smallest absolute Gasteiger partial charge is 0.330 e. The Morgan fingerprint density at radius 1 is 1.41 bits per heavy atom. The number of rotatable bonds is 5. The fraction of sp³-hybridized carbons (Fsp3) is 0.308. The lowest BCUT2D eigenvalue weighted by molar-refractivity contribution is -0.134. The Kier molecular flexibility index (Phi) is 5.23. The molecule has 0 saturated heterocycles. The molecule has 0 aliphatic heterocycles. The van der Waals surface area contributed by atoms with Gasteiger partial charge in [-0.1, -0.05) is 19.1 Å². The summed E-state index contributed by atoms with van der Waals surface area (Å²) in [5, 5.41) is 0. The quantitative estimate of drug-likeness (QED) is 0.481. The first-order valence-corrected chi connectivity index (χ1v) is 5.44. The molecule has 0 aliphatic carbocycles. The molecule has 0 aromatic heterocycles. The van der Waals surface area contributed by atoms with Gasteiger partial charge in [-0.2, -0.15) is 0 Å². The van der Waals surface area contributed by atoms with Crippen LogP contribution in [0.4, 0.5) is 0 Å². The summed E-state index contributed by atoms with van der Waals surface area (Å²) in [6, 6.07) is 7.31. The second kappa shape index (κ2) is 6.70. The van der Waals surface area contributed by atoms with E-state index >= 15 is 0 Å². The number of carbonyl (C=O) groups is 1. The molecule has 0 fully saturated rings. The number of hydrogen-bond donors (Lipinski definition) is 1. The zero-order chi connectivity index (χ0) is 12.7. The van der Waals surface area contributed by atoms with E-state index in [1.54, 1.807) is 6.08 Å². The van der Waals surface area contributed by atoms with Crippen molar-refractivity contribution in [3.05, 3.63) is 35.9 Å². The molecule has 2 N–H and O–H groups in total. The van der Waals surface area contributed by atoms with Crippen molar-refractivity contribution < 1.29 is 14.3 Å². The van der Waals surface area contributed by atoms with Gasteiger partial charge in [0, 0.05) is 6.08 Å². The van der Waals surface area contributed by atoms with Crippen LogP contribution in [0.2, 0.25) is 0 Å². The summed E-state index contributed by atoms with van der Waals surface area (Å²) in [5.41, 5.74) is 6.56. The zero-order valence-electron chi connectivity index (χ0n) is 10.1. The Morgan fingerprint density at radius 2 is 2.06 bits per heavy atom. The maximum absolute atomic E-state index is 10.9. The van der Waals surface area contributed by atoms with Crippen molar-refractivity contribution >= 4 is 12.0 Å². The van der Waals surface area contributed by atoms with Crippen molar-refractivity contribution in [1.29, 1.82) is 0 Å². The van der Waals surface area contributed by atoms with Crippen LogP contribution >= 0.6 is 0 Å². The van der Waals surface area contributed by atoms with E-state index in [0.717, 1.165) is 17.7 Å². The van der Waals surface area contributed by atoms with Crippen molar-refractivity contribution in [3.63, 3.8) is 0 Å². The van der Waals surface area contributed by atoms with Gasteiger partial charge in [-0.3, -0.25) is 5.73 Å². The molecule has 1 atom stereocenters. The van der Waals surface area contributed by atoms with Crippen LogP contribution in [-0.4, -0.2) is 19.3 Å². The van der Waals surface area contributed by atoms with Gasteiger partial charge in [0.1, 0.15) is 12.0 Å². The van der Waals surface area contributed by atoms with Gasteiger partial charge in [0.15, 0.2) is 0 Å². The summed E-state index contributed by atoms with van der Waals surface area (Å²) in [6.07, 6.45) is 3.51. The van der Waals surface area contributed by atoms with Crippen LogP contribution < -0.4 is 10.5 Å². The predicted molar refractivity (Wildman–Crippen MR) is 66.4 cm³/mol.